The van der Waals surface area contributed by atoms with Gasteiger partial charge in [0.25, 0.3) is 5.91 Å². The molecule has 29 heavy (non-hydrogen) atoms. The molecule has 1 aromatic carbocycles. The number of carbonyl (C=O) groups excluding carboxylic acids is 1. The predicted octanol–water partition coefficient (Wildman–Crippen LogP) is 4.00. The van der Waals surface area contributed by atoms with E-state index in [4.69, 9.17) is 16.3 Å². The van der Waals surface area contributed by atoms with Crippen LogP contribution in [0.3, 0.4) is 0 Å². The fraction of sp³-hybridized carbons (Fsp3) is 0.174. The maximum atomic E-state index is 13.1. The lowest BCUT2D eigenvalue weighted by molar-refractivity contribution is 0.0751. The number of nitrogens with zero attached hydrogens (tertiary/aromatic N) is 3. The van der Waals surface area contributed by atoms with Crippen LogP contribution in [-0.2, 0) is 13.1 Å². The summed E-state index contributed by atoms with van der Waals surface area (Å²) >= 11 is 6.38. The number of ether oxygens (including phenoxy) is 1. The second-order valence-corrected chi connectivity index (χ2v) is 7.08. The topological polar surface area (TPSA) is 55.3 Å². The number of halogens is 1. The zero-order valence-corrected chi connectivity index (χ0v) is 16.8. The van der Waals surface area contributed by atoms with Gasteiger partial charge >= 0.3 is 0 Å². The van der Waals surface area contributed by atoms with Crippen LogP contribution in [0.15, 0.2) is 48.8 Å². The number of amides is 1. The number of pyridine rings is 2. The SMILES string of the molecule is COc1ccc(C(=O)N2Cc3cnc(C)c(Cl)c3C2)cc1C#Cc1ccccn1. The van der Waals surface area contributed by atoms with Crippen LogP contribution in [0.2, 0.25) is 5.02 Å². The Morgan fingerprint density at radius 1 is 1.17 bits per heavy atom. The molecule has 1 amide bonds. The molecule has 4 rings (SSSR count). The summed E-state index contributed by atoms with van der Waals surface area (Å²) < 4.78 is 5.40. The van der Waals surface area contributed by atoms with E-state index in [2.05, 4.69) is 21.8 Å². The van der Waals surface area contributed by atoms with E-state index in [1.54, 1.807) is 42.6 Å². The molecule has 0 fully saturated rings. The second kappa shape index (κ2) is 7.94. The highest BCUT2D eigenvalue weighted by Crippen LogP contribution is 2.31. The van der Waals surface area contributed by atoms with Crippen molar-refractivity contribution >= 4 is 17.5 Å². The molecule has 0 radical (unpaired) electrons. The first kappa shape index (κ1) is 19.0. The van der Waals surface area contributed by atoms with Crippen LogP contribution in [0.4, 0.5) is 0 Å². The lowest BCUT2D eigenvalue weighted by Gasteiger charge is -2.16. The van der Waals surface area contributed by atoms with Gasteiger partial charge in [0.1, 0.15) is 11.4 Å². The zero-order chi connectivity index (χ0) is 20.4. The van der Waals surface area contributed by atoms with Crippen LogP contribution >= 0.6 is 11.6 Å². The molecule has 0 N–H and O–H groups in total. The van der Waals surface area contributed by atoms with Gasteiger partial charge in [-0.25, -0.2) is 4.98 Å². The summed E-state index contributed by atoms with van der Waals surface area (Å²) in [5.74, 6) is 6.59. The molecule has 0 saturated heterocycles. The van der Waals surface area contributed by atoms with E-state index in [9.17, 15) is 4.79 Å². The molecule has 6 heteroatoms. The van der Waals surface area contributed by atoms with Crippen molar-refractivity contribution in [2.24, 2.45) is 0 Å². The Kier molecular flexibility index (Phi) is 5.20. The molecule has 0 bridgehead atoms. The number of aromatic nitrogens is 2. The van der Waals surface area contributed by atoms with Gasteiger partial charge in [-0.1, -0.05) is 23.6 Å². The molecule has 5 nitrogen and oxygen atoms in total. The number of methoxy groups -OCH3 is 1. The lowest BCUT2D eigenvalue weighted by Crippen LogP contribution is -2.25. The summed E-state index contributed by atoms with van der Waals surface area (Å²) in [6, 6.07) is 10.8. The molecular formula is C23H18ClN3O2. The van der Waals surface area contributed by atoms with Crippen molar-refractivity contribution in [1.82, 2.24) is 14.9 Å². The molecule has 0 aliphatic carbocycles. The molecule has 1 aliphatic rings. The Labute approximate surface area is 174 Å². The highest BCUT2D eigenvalue weighted by molar-refractivity contribution is 6.32. The number of hydrogen-bond acceptors (Lipinski definition) is 4. The lowest BCUT2D eigenvalue weighted by atomic mass is 10.1. The summed E-state index contributed by atoms with van der Waals surface area (Å²) in [6.07, 6.45) is 3.48. The minimum atomic E-state index is -0.0848. The van der Waals surface area contributed by atoms with Crippen molar-refractivity contribution in [3.8, 4) is 17.6 Å². The monoisotopic (exact) mass is 403 g/mol. The Balaban J connectivity index is 1.62. The first-order chi connectivity index (χ1) is 14.1. The average Bonchev–Trinajstić information content (AvgIpc) is 3.20. The van der Waals surface area contributed by atoms with E-state index in [-0.39, 0.29) is 5.91 Å². The summed E-state index contributed by atoms with van der Waals surface area (Å²) in [7, 11) is 1.58. The van der Waals surface area contributed by atoms with Gasteiger partial charge in [0.15, 0.2) is 0 Å². The van der Waals surface area contributed by atoms with Gasteiger partial charge in [-0.05, 0) is 54.3 Å². The van der Waals surface area contributed by atoms with Crippen LogP contribution in [0.1, 0.15) is 38.4 Å². The van der Waals surface area contributed by atoms with Crippen molar-refractivity contribution < 1.29 is 9.53 Å². The average molecular weight is 404 g/mol. The summed E-state index contributed by atoms with van der Waals surface area (Å²) in [5.41, 5.74) is 4.56. The predicted molar refractivity (Wildman–Crippen MR) is 111 cm³/mol. The Morgan fingerprint density at radius 2 is 2.03 bits per heavy atom. The van der Waals surface area contributed by atoms with Crippen molar-refractivity contribution in [3.63, 3.8) is 0 Å². The maximum Gasteiger partial charge on any atom is 0.254 e. The van der Waals surface area contributed by atoms with Gasteiger partial charge in [-0.3, -0.25) is 9.78 Å². The van der Waals surface area contributed by atoms with Crippen LogP contribution in [0, 0.1) is 18.8 Å². The second-order valence-electron chi connectivity index (χ2n) is 6.70. The van der Waals surface area contributed by atoms with Crippen molar-refractivity contribution in [3.05, 3.63) is 87.5 Å². The van der Waals surface area contributed by atoms with Gasteiger partial charge in [0.05, 0.1) is 23.4 Å². The summed E-state index contributed by atoms with van der Waals surface area (Å²) in [6.45, 7) is 2.82. The maximum absolute atomic E-state index is 13.1. The van der Waals surface area contributed by atoms with Crippen LogP contribution in [-0.4, -0.2) is 27.9 Å². The largest absolute Gasteiger partial charge is 0.495 e. The Morgan fingerprint density at radius 3 is 2.79 bits per heavy atom. The minimum Gasteiger partial charge on any atom is -0.495 e. The molecule has 2 aromatic heterocycles. The van der Waals surface area contributed by atoms with Crippen molar-refractivity contribution in [1.29, 1.82) is 0 Å². The van der Waals surface area contributed by atoms with Gasteiger partial charge in [0.2, 0.25) is 0 Å². The van der Waals surface area contributed by atoms with Crippen LogP contribution < -0.4 is 4.74 Å². The fourth-order valence-electron chi connectivity index (χ4n) is 3.26. The van der Waals surface area contributed by atoms with Gasteiger partial charge < -0.3 is 9.64 Å². The number of hydrogen-bond donors (Lipinski definition) is 0. The first-order valence-corrected chi connectivity index (χ1v) is 9.48. The fourth-order valence-corrected chi connectivity index (χ4v) is 3.49. The zero-order valence-electron chi connectivity index (χ0n) is 16.1. The van der Waals surface area contributed by atoms with Gasteiger partial charge in [0, 0.05) is 31.0 Å². The van der Waals surface area contributed by atoms with E-state index >= 15 is 0 Å². The normalized spacial score (nSPS) is 12.2. The molecular weight excluding hydrogens is 386 g/mol. The number of carbonyl (C=O) groups is 1. The molecule has 0 unspecified atom stereocenters. The highest BCUT2D eigenvalue weighted by atomic mass is 35.5. The number of benzene rings is 1. The number of rotatable bonds is 2. The standard InChI is InChI=1S/C23H18ClN3O2/c1-15-22(24)20-14-27(13-18(20)12-26-15)23(28)17-7-9-21(29-2)16(11-17)6-8-19-5-3-4-10-25-19/h3-5,7,9-12H,13-14H2,1-2H3. The van der Waals surface area contributed by atoms with Crippen LogP contribution in [0.5, 0.6) is 5.75 Å². The van der Waals surface area contributed by atoms with E-state index in [1.807, 2.05) is 25.1 Å². The third-order valence-corrected chi connectivity index (χ3v) is 5.32. The van der Waals surface area contributed by atoms with E-state index in [0.717, 1.165) is 16.8 Å². The molecule has 0 atom stereocenters. The van der Waals surface area contributed by atoms with E-state index < -0.39 is 0 Å². The van der Waals surface area contributed by atoms with E-state index in [1.165, 1.54) is 0 Å². The van der Waals surface area contributed by atoms with Gasteiger partial charge in [-0.15, -0.1) is 0 Å². The van der Waals surface area contributed by atoms with Crippen molar-refractivity contribution in [2.75, 3.05) is 7.11 Å². The van der Waals surface area contributed by atoms with Gasteiger partial charge in [-0.2, -0.15) is 0 Å². The minimum absolute atomic E-state index is 0.0848. The molecule has 0 saturated carbocycles. The Hall–Kier alpha value is -3.36. The molecule has 144 valence electrons. The number of fused-ring (bicyclic) bond motifs is 1. The quantitative estimate of drug-likeness (QED) is 0.607. The molecule has 3 heterocycles. The van der Waals surface area contributed by atoms with Crippen molar-refractivity contribution in [2.45, 2.75) is 20.0 Å². The molecule has 3 aromatic rings. The third-order valence-electron chi connectivity index (χ3n) is 4.82. The summed E-state index contributed by atoms with van der Waals surface area (Å²) in [4.78, 5) is 23.4. The highest BCUT2D eigenvalue weighted by Gasteiger charge is 2.27. The molecule has 1 aliphatic heterocycles. The smallest absolute Gasteiger partial charge is 0.254 e. The van der Waals surface area contributed by atoms with Crippen LogP contribution in [0.25, 0.3) is 0 Å². The van der Waals surface area contributed by atoms with E-state index in [0.29, 0.717) is 40.7 Å². The Bertz CT molecular complexity index is 1150. The number of aryl methyl sites for hydroxylation is 1. The molecule has 0 spiro atoms. The third kappa shape index (κ3) is 3.80. The first-order valence-electron chi connectivity index (χ1n) is 9.10. The summed E-state index contributed by atoms with van der Waals surface area (Å²) in [5, 5.41) is 0.634.